The Balaban J connectivity index is 2.58. The number of hydrogen-bond donors (Lipinski definition) is 3. The molecule has 0 radical (unpaired) electrons. The Hall–Kier alpha value is -1.92. The van der Waals surface area contributed by atoms with Gasteiger partial charge < -0.3 is 20.5 Å². The number of nitrogens with one attached hydrogen (secondary N) is 2. The van der Waals surface area contributed by atoms with Crippen LogP contribution in [0.4, 0.5) is 4.79 Å². The average Bonchev–Trinajstić information content (AvgIpc) is 2.42. The second kappa shape index (κ2) is 6.46. The third-order valence-electron chi connectivity index (χ3n) is 3.13. The third-order valence-corrected chi connectivity index (χ3v) is 3.64. The lowest BCUT2D eigenvalue weighted by Crippen LogP contribution is -2.45. The number of halogens is 2. The fraction of sp³-hybridized carbons (Fsp3) is 0.286. The Bertz CT molecular complexity index is 673. The molecule has 0 unspecified atom stereocenters. The zero-order chi connectivity index (χ0) is 16.4. The van der Waals surface area contributed by atoms with E-state index in [2.05, 4.69) is 10.6 Å². The first-order valence-corrected chi connectivity index (χ1v) is 7.24. The van der Waals surface area contributed by atoms with E-state index in [0.29, 0.717) is 5.70 Å². The van der Waals surface area contributed by atoms with Crippen molar-refractivity contribution in [1.29, 1.82) is 0 Å². The van der Waals surface area contributed by atoms with Crippen LogP contribution in [0, 0.1) is 0 Å². The molecule has 8 heteroatoms. The Labute approximate surface area is 137 Å². The standard InChI is InChI=1S/C14H14Cl2N2O4/c1-3-22-13(20)10-6(2)17-14(21)18-11(10)8-4-7(15)5-9(16)12(8)19/h4-5,11,19H,3H2,1-2H3,(H2,17,18,21)/t11-/m1/s1. The Morgan fingerprint density at radius 1 is 1.41 bits per heavy atom. The number of urea groups is 1. The van der Waals surface area contributed by atoms with E-state index >= 15 is 0 Å². The van der Waals surface area contributed by atoms with Gasteiger partial charge in [-0.25, -0.2) is 9.59 Å². The van der Waals surface area contributed by atoms with Gasteiger partial charge in [-0.05, 0) is 26.0 Å². The third kappa shape index (κ3) is 3.13. The number of hydrogen-bond acceptors (Lipinski definition) is 4. The lowest BCUT2D eigenvalue weighted by molar-refractivity contribution is -0.139. The van der Waals surface area contributed by atoms with E-state index in [9.17, 15) is 14.7 Å². The molecule has 2 rings (SSSR count). The molecular formula is C14H14Cl2N2O4. The van der Waals surface area contributed by atoms with E-state index in [1.807, 2.05) is 0 Å². The van der Waals surface area contributed by atoms with Gasteiger partial charge in [-0.15, -0.1) is 0 Å². The van der Waals surface area contributed by atoms with Crippen molar-refractivity contribution in [2.75, 3.05) is 6.61 Å². The Morgan fingerprint density at radius 2 is 2.09 bits per heavy atom. The predicted octanol–water partition coefficient (Wildman–Crippen LogP) is 2.89. The van der Waals surface area contributed by atoms with Gasteiger partial charge in [-0.2, -0.15) is 0 Å². The van der Waals surface area contributed by atoms with E-state index in [4.69, 9.17) is 27.9 Å². The molecule has 2 amide bonds. The van der Waals surface area contributed by atoms with Crippen molar-refractivity contribution >= 4 is 35.2 Å². The second-order valence-electron chi connectivity index (χ2n) is 4.62. The number of rotatable bonds is 3. The van der Waals surface area contributed by atoms with Crippen molar-refractivity contribution in [3.63, 3.8) is 0 Å². The maximum Gasteiger partial charge on any atom is 0.338 e. The van der Waals surface area contributed by atoms with Gasteiger partial charge in [0.15, 0.2) is 0 Å². The van der Waals surface area contributed by atoms with Crippen molar-refractivity contribution in [2.45, 2.75) is 19.9 Å². The number of allylic oxidation sites excluding steroid dienone is 1. The van der Waals surface area contributed by atoms with E-state index in [-0.39, 0.29) is 33.5 Å². The highest BCUT2D eigenvalue weighted by Crippen LogP contribution is 2.39. The Morgan fingerprint density at radius 3 is 2.73 bits per heavy atom. The molecule has 0 spiro atoms. The number of phenols is 1. The molecule has 0 bridgehead atoms. The quantitative estimate of drug-likeness (QED) is 0.735. The van der Waals surface area contributed by atoms with Gasteiger partial charge in [0.05, 0.1) is 23.2 Å². The minimum atomic E-state index is -0.913. The van der Waals surface area contributed by atoms with Crippen LogP contribution in [-0.4, -0.2) is 23.7 Å². The van der Waals surface area contributed by atoms with Gasteiger partial charge in [-0.1, -0.05) is 23.2 Å². The highest BCUT2D eigenvalue weighted by atomic mass is 35.5. The molecule has 1 atom stereocenters. The maximum absolute atomic E-state index is 12.2. The van der Waals surface area contributed by atoms with E-state index in [0.717, 1.165) is 0 Å². The average molecular weight is 345 g/mol. The monoisotopic (exact) mass is 344 g/mol. The highest BCUT2D eigenvalue weighted by molar-refractivity contribution is 6.35. The number of benzene rings is 1. The van der Waals surface area contributed by atoms with Crippen LogP contribution in [0.5, 0.6) is 5.75 Å². The fourth-order valence-electron chi connectivity index (χ4n) is 2.21. The summed E-state index contributed by atoms with van der Waals surface area (Å²) in [6.45, 7) is 3.42. The Kier molecular flexibility index (Phi) is 4.83. The second-order valence-corrected chi connectivity index (χ2v) is 5.46. The van der Waals surface area contributed by atoms with Crippen LogP contribution in [-0.2, 0) is 9.53 Å². The van der Waals surface area contributed by atoms with Crippen LogP contribution in [0.25, 0.3) is 0 Å². The van der Waals surface area contributed by atoms with E-state index in [1.165, 1.54) is 12.1 Å². The molecule has 0 saturated carbocycles. The minimum Gasteiger partial charge on any atom is -0.506 e. The number of carbonyl (C=O) groups excluding carboxylic acids is 2. The largest absolute Gasteiger partial charge is 0.506 e. The van der Waals surface area contributed by atoms with Crippen LogP contribution in [0.2, 0.25) is 10.0 Å². The summed E-state index contributed by atoms with van der Waals surface area (Å²) in [7, 11) is 0. The topological polar surface area (TPSA) is 87.7 Å². The summed E-state index contributed by atoms with van der Waals surface area (Å²) in [4.78, 5) is 23.9. The summed E-state index contributed by atoms with van der Waals surface area (Å²) in [6.07, 6.45) is 0. The van der Waals surface area contributed by atoms with E-state index in [1.54, 1.807) is 13.8 Å². The fourth-order valence-corrected chi connectivity index (χ4v) is 2.72. The van der Waals surface area contributed by atoms with Gasteiger partial charge in [0, 0.05) is 16.3 Å². The molecule has 0 saturated heterocycles. The summed E-state index contributed by atoms with van der Waals surface area (Å²) in [5, 5.41) is 15.5. The van der Waals surface area contributed by atoms with Gasteiger partial charge in [0.2, 0.25) is 0 Å². The van der Waals surface area contributed by atoms with Crippen LogP contribution < -0.4 is 10.6 Å². The molecular weight excluding hydrogens is 331 g/mol. The molecule has 1 aromatic carbocycles. The molecule has 0 aromatic heterocycles. The molecule has 0 aliphatic carbocycles. The molecule has 1 aliphatic rings. The first-order chi connectivity index (χ1) is 10.3. The zero-order valence-corrected chi connectivity index (χ0v) is 13.4. The lowest BCUT2D eigenvalue weighted by atomic mass is 9.95. The van der Waals surface area contributed by atoms with E-state index < -0.39 is 18.0 Å². The number of aromatic hydroxyl groups is 1. The van der Waals surface area contributed by atoms with Crippen molar-refractivity contribution in [1.82, 2.24) is 10.6 Å². The van der Waals surface area contributed by atoms with Crippen LogP contribution in [0.1, 0.15) is 25.5 Å². The van der Waals surface area contributed by atoms with Gasteiger partial charge >= 0.3 is 12.0 Å². The van der Waals surface area contributed by atoms with Gasteiger partial charge in [0.25, 0.3) is 0 Å². The summed E-state index contributed by atoms with van der Waals surface area (Å²) in [5.74, 6) is -0.860. The minimum absolute atomic E-state index is 0.0242. The van der Waals surface area contributed by atoms with Crippen molar-refractivity contribution in [3.05, 3.63) is 39.0 Å². The summed E-state index contributed by atoms with van der Waals surface area (Å²) < 4.78 is 5.00. The number of ether oxygens (including phenoxy) is 1. The first kappa shape index (κ1) is 16.5. The maximum atomic E-state index is 12.2. The van der Waals surface area contributed by atoms with Crippen LogP contribution in [0.3, 0.4) is 0 Å². The molecule has 22 heavy (non-hydrogen) atoms. The molecule has 1 aliphatic heterocycles. The molecule has 118 valence electrons. The number of esters is 1. The SMILES string of the molecule is CCOC(=O)C1=C(C)NC(=O)N[C@@H]1c1cc(Cl)cc(Cl)c1O. The van der Waals surface area contributed by atoms with Crippen molar-refractivity contribution in [3.8, 4) is 5.75 Å². The lowest BCUT2D eigenvalue weighted by Gasteiger charge is -2.28. The predicted molar refractivity (Wildman–Crippen MR) is 81.9 cm³/mol. The van der Waals surface area contributed by atoms with Gasteiger partial charge in [0.1, 0.15) is 5.75 Å². The number of amides is 2. The van der Waals surface area contributed by atoms with Crippen molar-refractivity contribution < 1.29 is 19.4 Å². The number of phenolic OH excluding ortho intramolecular Hbond substituents is 1. The summed E-state index contributed by atoms with van der Waals surface area (Å²) in [5.41, 5.74) is 0.729. The summed E-state index contributed by atoms with van der Waals surface area (Å²) in [6, 6.07) is 1.38. The molecule has 1 heterocycles. The molecule has 6 nitrogen and oxygen atoms in total. The molecule has 3 N–H and O–H groups in total. The van der Waals surface area contributed by atoms with Crippen LogP contribution in [0.15, 0.2) is 23.4 Å². The highest BCUT2D eigenvalue weighted by Gasteiger charge is 2.34. The molecule has 0 fully saturated rings. The van der Waals surface area contributed by atoms with Crippen molar-refractivity contribution in [2.24, 2.45) is 0 Å². The van der Waals surface area contributed by atoms with Gasteiger partial charge in [-0.3, -0.25) is 0 Å². The molecule has 1 aromatic rings. The first-order valence-electron chi connectivity index (χ1n) is 6.48. The smallest absolute Gasteiger partial charge is 0.338 e. The normalized spacial score (nSPS) is 17.8. The number of carbonyl (C=O) groups is 2. The van der Waals surface area contributed by atoms with Crippen LogP contribution >= 0.6 is 23.2 Å². The zero-order valence-electron chi connectivity index (χ0n) is 11.9. The summed E-state index contributed by atoms with van der Waals surface area (Å²) >= 11 is 11.9.